The molecule has 0 aromatic heterocycles. The van der Waals surface area contributed by atoms with E-state index in [1.54, 1.807) is 97.1 Å². The van der Waals surface area contributed by atoms with Crippen LogP contribution in [-0.4, -0.2) is 10.9 Å². The van der Waals surface area contributed by atoms with E-state index in [2.05, 4.69) is 12.1 Å². The van der Waals surface area contributed by atoms with E-state index in [1.807, 2.05) is 0 Å². The molecule has 4 unspecified atom stereocenters. The van der Waals surface area contributed by atoms with Gasteiger partial charge in [-0.25, -0.2) is 0 Å². The summed E-state index contributed by atoms with van der Waals surface area (Å²) < 4.78 is 0. The van der Waals surface area contributed by atoms with Crippen LogP contribution in [0.5, 0.6) is 0 Å². The molecule has 1 N–H and O–H groups in total. The van der Waals surface area contributed by atoms with Gasteiger partial charge in [-0.3, -0.25) is 4.79 Å². The topological polar surface area (TPSA) is 84.9 Å². The molecule has 4 atom stereocenters. The average molecular weight is 620 g/mol. The lowest BCUT2D eigenvalue weighted by molar-refractivity contribution is -0.0783. The molecule has 1 aliphatic rings. The number of aliphatic hydroxyl groups is 1. The van der Waals surface area contributed by atoms with Crippen molar-refractivity contribution in [3.63, 3.8) is 0 Å². The maximum absolute atomic E-state index is 14.5. The number of Topliss-reactive ketones (excluding diaryl/α,β-unsaturated/α-hetero) is 1. The van der Waals surface area contributed by atoms with Gasteiger partial charge in [0.15, 0.2) is 11.2 Å². The molecule has 204 valence electrons. The zero-order valence-corrected chi connectivity index (χ0v) is 24.5. The molecule has 8 heteroatoms. The monoisotopic (exact) mass is 618 g/mol. The third-order valence-corrected chi connectivity index (χ3v) is 9.04. The number of rotatable bonds is 5. The van der Waals surface area contributed by atoms with Crippen molar-refractivity contribution < 1.29 is 9.90 Å². The Balaban J connectivity index is 1.85. The van der Waals surface area contributed by atoms with Crippen LogP contribution in [0, 0.1) is 34.0 Å². The maximum atomic E-state index is 14.5. The first-order valence-electron chi connectivity index (χ1n) is 12.7. The molecular formula is C33H22Cl4N2O2. The van der Waals surface area contributed by atoms with Crippen molar-refractivity contribution in [1.29, 1.82) is 10.5 Å². The molecule has 0 spiro atoms. The number of hydrogen-bond acceptors (Lipinski definition) is 4. The van der Waals surface area contributed by atoms with Crippen molar-refractivity contribution in [1.82, 2.24) is 0 Å². The smallest absolute Gasteiger partial charge is 0.169 e. The Bertz CT molecular complexity index is 1640. The van der Waals surface area contributed by atoms with E-state index in [1.165, 1.54) is 0 Å². The molecule has 4 nitrogen and oxygen atoms in total. The van der Waals surface area contributed by atoms with Crippen LogP contribution in [0.15, 0.2) is 97.1 Å². The molecule has 0 aliphatic heterocycles. The normalized spacial score (nSPS) is 23.2. The minimum absolute atomic E-state index is 0.0918. The van der Waals surface area contributed by atoms with Gasteiger partial charge in [-0.05, 0) is 83.8 Å². The minimum atomic E-state index is -1.81. The van der Waals surface area contributed by atoms with Crippen molar-refractivity contribution in [2.45, 2.75) is 23.9 Å². The molecule has 0 amide bonds. The summed E-state index contributed by atoms with van der Waals surface area (Å²) in [6, 6.07) is 31.1. The van der Waals surface area contributed by atoms with E-state index in [4.69, 9.17) is 46.4 Å². The van der Waals surface area contributed by atoms with E-state index < -0.39 is 34.6 Å². The van der Waals surface area contributed by atoms with Gasteiger partial charge >= 0.3 is 0 Å². The zero-order chi connectivity index (χ0) is 29.4. The number of carbonyl (C=O) groups is 1. The highest BCUT2D eigenvalue weighted by molar-refractivity contribution is 6.31. The van der Waals surface area contributed by atoms with Crippen molar-refractivity contribution >= 4 is 52.2 Å². The third-order valence-electron chi connectivity index (χ3n) is 8.03. The minimum Gasteiger partial charge on any atom is -0.384 e. The number of ketones is 1. The summed E-state index contributed by atoms with van der Waals surface area (Å²) in [4.78, 5) is 14.5. The lowest BCUT2D eigenvalue weighted by Crippen LogP contribution is -2.55. The average Bonchev–Trinajstić information content (AvgIpc) is 2.98. The highest BCUT2D eigenvalue weighted by atomic mass is 35.5. The Morgan fingerprint density at radius 1 is 0.683 bits per heavy atom. The first-order chi connectivity index (χ1) is 19.6. The number of benzene rings is 4. The quantitative estimate of drug-likeness (QED) is 0.226. The van der Waals surface area contributed by atoms with Gasteiger partial charge in [0.1, 0.15) is 5.60 Å². The molecular weight excluding hydrogens is 598 g/mol. The van der Waals surface area contributed by atoms with Crippen LogP contribution in [0.3, 0.4) is 0 Å². The number of nitrogens with zero attached hydrogens (tertiary/aromatic N) is 2. The fraction of sp³-hybridized carbons (Fsp3) is 0.182. The first kappa shape index (κ1) is 29.2. The summed E-state index contributed by atoms with van der Waals surface area (Å²) in [7, 11) is 0. The Labute approximate surface area is 258 Å². The van der Waals surface area contributed by atoms with Crippen molar-refractivity contribution in [2.24, 2.45) is 11.3 Å². The van der Waals surface area contributed by atoms with E-state index in [-0.39, 0.29) is 6.42 Å². The summed E-state index contributed by atoms with van der Waals surface area (Å²) in [6.45, 7) is 0. The van der Waals surface area contributed by atoms with E-state index >= 15 is 0 Å². The van der Waals surface area contributed by atoms with Crippen LogP contribution in [0.4, 0.5) is 0 Å². The van der Waals surface area contributed by atoms with Crippen LogP contribution in [-0.2, 0) is 5.60 Å². The molecule has 0 radical (unpaired) electrons. The van der Waals surface area contributed by atoms with Crippen LogP contribution >= 0.6 is 46.4 Å². The summed E-state index contributed by atoms with van der Waals surface area (Å²) in [5.74, 6) is -3.53. The molecule has 0 heterocycles. The van der Waals surface area contributed by atoms with Crippen LogP contribution < -0.4 is 0 Å². The Morgan fingerprint density at radius 2 is 1.10 bits per heavy atom. The predicted octanol–water partition coefficient (Wildman–Crippen LogP) is 8.99. The van der Waals surface area contributed by atoms with E-state index in [0.29, 0.717) is 42.3 Å². The predicted molar refractivity (Wildman–Crippen MR) is 161 cm³/mol. The van der Waals surface area contributed by atoms with Gasteiger partial charge in [0.05, 0.1) is 18.1 Å². The van der Waals surface area contributed by atoms with Gasteiger partial charge in [0.25, 0.3) is 0 Å². The second-order valence-electron chi connectivity index (χ2n) is 10.2. The van der Waals surface area contributed by atoms with Crippen molar-refractivity contribution in [2.75, 3.05) is 0 Å². The molecule has 1 fully saturated rings. The van der Waals surface area contributed by atoms with Crippen LogP contribution in [0.2, 0.25) is 20.1 Å². The number of halogens is 4. The van der Waals surface area contributed by atoms with Gasteiger partial charge in [0, 0.05) is 37.5 Å². The van der Waals surface area contributed by atoms with Gasteiger partial charge in [-0.1, -0.05) is 82.8 Å². The summed E-state index contributed by atoms with van der Waals surface area (Å²) in [6.07, 6.45) is -0.0918. The van der Waals surface area contributed by atoms with Gasteiger partial charge in [-0.2, -0.15) is 10.5 Å². The Morgan fingerprint density at radius 3 is 1.56 bits per heavy atom. The largest absolute Gasteiger partial charge is 0.384 e. The molecule has 4 aromatic rings. The van der Waals surface area contributed by atoms with E-state index in [0.717, 1.165) is 0 Å². The van der Waals surface area contributed by atoms with Gasteiger partial charge < -0.3 is 5.11 Å². The summed E-state index contributed by atoms with van der Waals surface area (Å²) in [5.41, 5.74) is -1.67. The highest BCUT2D eigenvalue weighted by Crippen LogP contribution is 2.63. The molecule has 4 aromatic carbocycles. The summed E-state index contributed by atoms with van der Waals surface area (Å²) in [5, 5.41) is 36.3. The lowest BCUT2D eigenvalue weighted by Gasteiger charge is -2.53. The molecule has 0 saturated heterocycles. The Hall–Kier alpha value is -3.35. The standard InChI is InChI=1S/C33H22Cl4N2O2/c34-24-9-1-20(2-10-24)28-17-33(41,23-7-15-27(37)16-8-23)30(31(40)22-5-13-26(36)14-6-22)29(32(28,18-38)19-39)21-3-11-25(35)12-4-21/h1-16,28-30,41H,17H2. The van der Waals surface area contributed by atoms with Crippen LogP contribution in [0.1, 0.15) is 45.3 Å². The zero-order valence-electron chi connectivity index (χ0n) is 21.4. The first-order valence-corrected chi connectivity index (χ1v) is 14.3. The third kappa shape index (κ3) is 5.24. The SMILES string of the molecule is N#CC1(C#N)C(c2ccc(Cl)cc2)CC(O)(c2ccc(Cl)cc2)C(C(=O)c2ccc(Cl)cc2)C1c1ccc(Cl)cc1. The lowest BCUT2D eigenvalue weighted by atomic mass is 9.48. The fourth-order valence-electron chi connectivity index (χ4n) is 6.07. The van der Waals surface area contributed by atoms with E-state index in [9.17, 15) is 20.4 Å². The van der Waals surface area contributed by atoms with Crippen molar-refractivity contribution in [3.8, 4) is 12.1 Å². The Kier molecular flexibility index (Phi) is 8.18. The number of carbonyl (C=O) groups excluding carboxylic acids is 1. The van der Waals surface area contributed by atoms with Gasteiger partial charge in [-0.15, -0.1) is 0 Å². The van der Waals surface area contributed by atoms with Crippen LogP contribution in [0.25, 0.3) is 0 Å². The number of nitriles is 2. The fourth-order valence-corrected chi connectivity index (χ4v) is 6.58. The number of hydrogen-bond donors (Lipinski definition) is 1. The van der Waals surface area contributed by atoms with Gasteiger partial charge in [0.2, 0.25) is 0 Å². The molecule has 5 rings (SSSR count). The molecule has 1 saturated carbocycles. The second kappa shape index (κ2) is 11.5. The maximum Gasteiger partial charge on any atom is 0.169 e. The highest BCUT2D eigenvalue weighted by Gasteiger charge is 2.64. The molecule has 41 heavy (non-hydrogen) atoms. The molecule has 0 bridgehead atoms. The summed E-state index contributed by atoms with van der Waals surface area (Å²) >= 11 is 24.7. The molecule has 1 aliphatic carbocycles. The van der Waals surface area contributed by atoms with Crippen molar-refractivity contribution in [3.05, 3.63) is 139 Å². The second-order valence-corrected chi connectivity index (χ2v) is 12.0.